The van der Waals surface area contributed by atoms with Crippen LogP contribution in [0.15, 0.2) is 0 Å². The van der Waals surface area contributed by atoms with Crippen LogP contribution in [-0.4, -0.2) is 41.4 Å². The molecule has 114 valence electrons. The minimum atomic E-state index is -0.586. The number of carbonyl (C=O) groups is 2. The summed E-state index contributed by atoms with van der Waals surface area (Å²) in [4.78, 5) is 26.1. The lowest BCUT2D eigenvalue weighted by Crippen LogP contribution is -2.61. The van der Waals surface area contributed by atoms with Crippen LogP contribution in [0, 0.1) is 11.3 Å². The Hall–Kier alpha value is -1.10. The SMILES string of the molecule is CC(C)(N)C(C)(C)C(=O)N1CCC2NC(=O)CCC2C1. The summed E-state index contributed by atoms with van der Waals surface area (Å²) in [5.41, 5.74) is 5.03. The van der Waals surface area contributed by atoms with Crippen molar-refractivity contribution in [3.8, 4) is 0 Å². The van der Waals surface area contributed by atoms with Gasteiger partial charge in [-0.1, -0.05) is 0 Å². The molecule has 0 aliphatic carbocycles. The molecule has 0 aromatic heterocycles. The first kappa shape index (κ1) is 15.3. The van der Waals surface area contributed by atoms with E-state index in [0.717, 1.165) is 19.4 Å². The van der Waals surface area contributed by atoms with Crippen molar-refractivity contribution in [3.05, 3.63) is 0 Å². The van der Waals surface area contributed by atoms with Gasteiger partial charge in [0, 0.05) is 31.1 Å². The fraction of sp³-hybridized carbons (Fsp3) is 0.867. The molecular weight excluding hydrogens is 254 g/mol. The number of carbonyl (C=O) groups excluding carboxylic acids is 2. The van der Waals surface area contributed by atoms with Crippen molar-refractivity contribution in [1.82, 2.24) is 10.2 Å². The van der Waals surface area contributed by atoms with Crippen molar-refractivity contribution in [2.24, 2.45) is 17.1 Å². The van der Waals surface area contributed by atoms with E-state index in [2.05, 4.69) is 5.32 Å². The molecule has 2 unspecified atom stereocenters. The lowest BCUT2D eigenvalue weighted by atomic mass is 9.73. The third-order valence-electron chi connectivity index (χ3n) is 5.26. The Bertz CT molecular complexity index is 412. The van der Waals surface area contributed by atoms with Crippen LogP contribution in [0.2, 0.25) is 0 Å². The quantitative estimate of drug-likeness (QED) is 0.789. The van der Waals surface area contributed by atoms with Gasteiger partial charge in [-0.2, -0.15) is 0 Å². The van der Waals surface area contributed by atoms with Crippen LogP contribution >= 0.6 is 0 Å². The van der Waals surface area contributed by atoms with Crippen LogP contribution in [0.5, 0.6) is 0 Å². The molecule has 20 heavy (non-hydrogen) atoms. The van der Waals surface area contributed by atoms with Gasteiger partial charge in [0.05, 0.1) is 5.41 Å². The molecule has 3 N–H and O–H groups in total. The molecule has 0 spiro atoms. The average molecular weight is 281 g/mol. The van der Waals surface area contributed by atoms with Gasteiger partial charge in [-0.3, -0.25) is 9.59 Å². The minimum Gasteiger partial charge on any atom is -0.353 e. The van der Waals surface area contributed by atoms with Crippen LogP contribution in [0.4, 0.5) is 0 Å². The van der Waals surface area contributed by atoms with E-state index in [1.165, 1.54) is 0 Å². The van der Waals surface area contributed by atoms with Crippen LogP contribution in [0.1, 0.15) is 47.0 Å². The lowest BCUT2D eigenvalue weighted by Gasteiger charge is -2.46. The maximum atomic E-state index is 12.8. The highest BCUT2D eigenvalue weighted by molar-refractivity contribution is 5.83. The van der Waals surface area contributed by atoms with Gasteiger partial charge in [-0.15, -0.1) is 0 Å². The summed E-state index contributed by atoms with van der Waals surface area (Å²) in [7, 11) is 0. The molecule has 0 aromatic rings. The van der Waals surface area contributed by atoms with E-state index in [1.54, 1.807) is 0 Å². The Kier molecular flexibility index (Phi) is 3.84. The van der Waals surface area contributed by atoms with Gasteiger partial charge in [0.2, 0.25) is 11.8 Å². The Morgan fingerprint density at radius 1 is 1.30 bits per heavy atom. The highest BCUT2D eigenvalue weighted by atomic mass is 16.2. The van der Waals surface area contributed by atoms with E-state index in [-0.39, 0.29) is 17.9 Å². The molecule has 2 heterocycles. The first-order chi connectivity index (χ1) is 9.13. The summed E-state index contributed by atoms with van der Waals surface area (Å²) in [6.07, 6.45) is 2.31. The van der Waals surface area contributed by atoms with Gasteiger partial charge in [0.1, 0.15) is 0 Å². The number of nitrogens with two attached hydrogens (primary N) is 1. The number of piperidine rings is 2. The number of hydrogen-bond acceptors (Lipinski definition) is 3. The van der Waals surface area contributed by atoms with Gasteiger partial charge < -0.3 is 16.0 Å². The van der Waals surface area contributed by atoms with E-state index in [9.17, 15) is 9.59 Å². The first-order valence-corrected chi connectivity index (χ1v) is 7.50. The summed E-state index contributed by atoms with van der Waals surface area (Å²) in [6.45, 7) is 9.09. The first-order valence-electron chi connectivity index (χ1n) is 7.50. The Balaban J connectivity index is 2.05. The van der Waals surface area contributed by atoms with Gasteiger partial charge in [-0.05, 0) is 46.5 Å². The maximum Gasteiger partial charge on any atom is 0.230 e. The van der Waals surface area contributed by atoms with Crippen LogP contribution in [-0.2, 0) is 9.59 Å². The monoisotopic (exact) mass is 281 g/mol. The maximum absolute atomic E-state index is 12.8. The summed E-state index contributed by atoms with van der Waals surface area (Å²) in [5, 5.41) is 3.05. The van der Waals surface area contributed by atoms with Gasteiger partial charge in [0.25, 0.3) is 0 Å². The molecular formula is C15H27N3O2. The third-order valence-corrected chi connectivity index (χ3v) is 5.26. The Morgan fingerprint density at radius 3 is 2.55 bits per heavy atom. The number of hydrogen-bond donors (Lipinski definition) is 2. The van der Waals surface area contributed by atoms with E-state index in [4.69, 9.17) is 5.73 Å². The van der Waals surface area contributed by atoms with Gasteiger partial charge in [0.15, 0.2) is 0 Å². The number of rotatable bonds is 2. The van der Waals surface area contributed by atoms with Crippen LogP contribution in [0.3, 0.4) is 0 Å². The minimum absolute atomic E-state index is 0.125. The van der Waals surface area contributed by atoms with E-state index in [1.807, 2.05) is 32.6 Å². The summed E-state index contributed by atoms with van der Waals surface area (Å²) in [6, 6.07) is 0.245. The smallest absolute Gasteiger partial charge is 0.230 e. The zero-order valence-electron chi connectivity index (χ0n) is 13.0. The molecule has 0 bridgehead atoms. The average Bonchev–Trinajstić information content (AvgIpc) is 2.35. The molecule has 2 aliphatic heterocycles. The van der Waals surface area contributed by atoms with Crippen molar-refractivity contribution in [2.45, 2.75) is 58.5 Å². The topological polar surface area (TPSA) is 75.4 Å². The molecule has 5 heteroatoms. The second kappa shape index (κ2) is 5.02. The van der Waals surface area contributed by atoms with Gasteiger partial charge >= 0.3 is 0 Å². The van der Waals surface area contributed by atoms with Gasteiger partial charge in [-0.25, -0.2) is 0 Å². The van der Waals surface area contributed by atoms with Crippen molar-refractivity contribution >= 4 is 11.8 Å². The zero-order chi connectivity index (χ0) is 15.1. The predicted molar refractivity (Wildman–Crippen MR) is 77.9 cm³/mol. The molecule has 2 amide bonds. The molecule has 5 nitrogen and oxygen atoms in total. The van der Waals surface area contributed by atoms with Crippen molar-refractivity contribution in [1.29, 1.82) is 0 Å². The summed E-state index contributed by atoms with van der Waals surface area (Å²) < 4.78 is 0. The fourth-order valence-electron chi connectivity index (χ4n) is 2.97. The number of amides is 2. The number of likely N-dealkylation sites (tertiary alicyclic amines) is 1. The zero-order valence-corrected chi connectivity index (χ0v) is 13.0. The molecule has 2 fully saturated rings. The number of nitrogens with zero attached hydrogens (tertiary/aromatic N) is 1. The van der Waals surface area contributed by atoms with Crippen molar-refractivity contribution in [3.63, 3.8) is 0 Å². The molecule has 2 saturated heterocycles. The highest BCUT2D eigenvalue weighted by Crippen LogP contribution is 2.33. The molecule has 2 atom stereocenters. The van der Waals surface area contributed by atoms with E-state index < -0.39 is 11.0 Å². The molecule has 2 rings (SSSR count). The second-order valence-corrected chi connectivity index (χ2v) is 7.36. The summed E-state index contributed by atoms with van der Waals surface area (Å²) in [5.74, 6) is 0.664. The number of nitrogens with one attached hydrogen (secondary N) is 1. The summed E-state index contributed by atoms with van der Waals surface area (Å²) >= 11 is 0. The standard InChI is InChI=1S/C15H27N3O2/c1-14(2,15(3,4)16)13(20)18-8-7-11-10(9-18)5-6-12(19)17-11/h10-11H,5-9,16H2,1-4H3,(H,17,19). The van der Waals surface area contributed by atoms with Crippen LogP contribution in [0.25, 0.3) is 0 Å². The van der Waals surface area contributed by atoms with E-state index >= 15 is 0 Å². The largest absolute Gasteiger partial charge is 0.353 e. The molecule has 0 saturated carbocycles. The molecule has 0 aromatic carbocycles. The van der Waals surface area contributed by atoms with E-state index in [0.29, 0.717) is 18.9 Å². The highest BCUT2D eigenvalue weighted by Gasteiger charge is 2.45. The predicted octanol–water partition coefficient (Wildman–Crippen LogP) is 0.877. The molecule has 0 radical (unpaired) electrons. The van der Waals surface area contributed by atoms with Crippen molar-refractivity contribution < 1.29 is 9.59 Å². The Morgan fingerprint density at radius 2 is 1.95 bits per heavy atom. The Labute approximate surface area is 121 Å². The number of fused-ring (bicyclic) bond motifs is 1. The fourth-order valence-corrected chi connectivity index (χ4v) is 2.97. The normalized spacial score (nSPS) is 27.9. The second-order valence-electron chi connectivity index (χ2n) is 7.36. The lowest BCUT2D eigenvalue weighted by molar-refractivity contribution is -0.146. The van der Waals surface area contributed by atoms with Crippen molar-refractivity contribution in [2.75, 3.05) is 13.1 Å². The van der Waals surface area contributed by atoms with Crippen LogP contribution < -0.4 is 11.1 Å². The molecule has 2 aliphatic rings. The third kappa shape index (κ3) is 2.68.